The van der Waals surface area contributed by atoms with Gasteiger partial charge in [0.05, 0.1) is 0 Å². The minimum Gasteiger partial charge on any atom is -0.207 e. The number of hydrogen-bond donors (Lipinski definition) is 0. The fourth-order valence-corrected chi connectivity index (χ4v) is 3.04. The third-order valence-electron chi connectivity index (χ3n) is 3.66. The third-order valence-corrected chi connectivity index (χ3v) is 4.63. The van der Waals surface area contributed by atoms with Crippen LogP contribution < -0.4 is 0 Å². The zero-order chi connectivity index (χ0) is 11.7. The second-order valence-electron chi connectivity index (χ2n) is 4.62. The van der Waals surface area contributed by atoms with Crippen LogP contribution in [-0.2, 0) is 6.42 Å². The van der Waals surface area contributed by atoms with Gasteiger partial charge in [0.2, 0.25) is 0 Å². The second-order valence-corrected chi connectivity index (χ2v) is 5.58. The van der Waals surface area contributed by atoms with Gasteiger partial charge in [-0.2, -0.15) is 0 Å². The van der Waals surface area contributed by atoms with Gasteiger partial charge in [-0.15, -0.1) is 11.6 Å². The van der Waals surface area contributed by atoms with E-state index in [1.165, 1.54) is 6.07 Å². The van der Waals surface area contributed by atoms with E-state index < -0.39 is 0 Å². The first-order chi connectivity index (χ1) is 7.59. The minimum atomic E-state index is -0.197. The van der Waals surface area contributed by atoms with Crippen molar-refractivity contribution in [2.24, 2.45) is 11.8 Å². The molecule has 0 spiro atoms. The van der Waals surface area contributed by atoms with Gasteiger partial charge >= 0.3 is 0 Å². The minimum absolute atomic E-state index is 0.197. The lowest BCUT2D eigenvalue weighted by Crippen LogP contribution is -2.14. The molecule has 1 aromatic carbocycles. The number of rotatable bonds is 2. The van der Waals surface area contributed by atoms with E-state index in [2.05, 4.69) is 6.92 Å². The normalized spacial score (nSPS) is 29.6. The summed E-state index contributed by atoms with van der Waals surface area (Å²) in [5.41, 5.74) is 0.645. The van der Waals surface area contributed by atoms with Gasteiger partial charge in [-0.3, -0.25) is 0 Å². The number of halogens is 3. The highest BCUT2D eigenvalue weighted by Crippen LogP contribution is 2.38. The van der Waals surface area contributed by atoms with Gasteiger partial charge < -0.3 is 0 Å². The lowest BCUT2D eigenvalue weighted by Gasteiger charge is -2.18. The van der Waals surface area contributed by atoms with Crippen LogP contribution in [0.25, 0.3) is 0 Å². The molecule has 2 rings (SSSR count). The molecular weight excluding hydrogens is 246 g/mol. The zero-order valence-corrected chi connectivity index (χ0v) is 10.7. The molecule has 3 atom stereocenters. The molecule has 0 amide bonds. The fraction of sp³-hybridized carbons (Fsp3) is 0.538. The lowest BCUT2D eigenvalue weighted by molar-refractivity contribution is 0.413. The van der Waals surface area contributed by atoms with E-state index in [-0.39, 0.29) is 11.2 Å². The Morgan fingerprint density at radius 1 is 1.38 bits per heavy atom. The van der Waals surface area contributed by atoms with Crippen LogP contribution in [0.1, 0.15) is 25.3 Å². The van der Waals surface area contributed by atoms with Crippen molar-refractivity contribution in [1.29, 1.82) is 0 Å². The molecule has 1 aliphatic carbocycles. The lowest BCUT2D eigenvalue weighted by atomic mass is 9.90. The third kappa shape index (κ3) is 2.36. The fourth-order valence-electron chi connectivity index (χ4n) is 2.47. The first kappa shape index (κ1) is 12.2. The average Bonchev–Trinajstić information content (AvgIpc) is 2.55. The Hall–Kier alpha value is -0.270. The summed E-state index contributed by atoms with van der Waals surface area (Å²) in [7, 11) is 0. The Morgan fingerprint density at radius 3 is 2.69 bits per heavy atom. The highest BCUT2D eigenvalue weighted by atomic mass is 35.5. The van der Waals surface area contributed by atoms with E-state index in [0.717, 1.165) is 12.8 Å². The molecule has 0 saturated heterocycles. The van der Waals surface area contributed by atoms with E-state index in [0.29, 0.717) is 28.8 Å². The Labute approximate surface area is 106 Å². The molecule has 3 heteroatoms. The predicted molar refractivity (Wildman–Crippen MR) is 66.6 cm³/mol. The molecule has 0 heterocycles. The van der Waals surface area contributed by atoms with Crippen molar-refractivity contribution in [3.05, 3.63) is 34.6 Å². The predicted octanol–water partition coefficient (Wildman–Crippen LogP) is 4.68. The van der Waals surface area contributed by atoms with Gasteiger partial charge in [-0.25, -0.2) is 4.39 Å². The number of alkyl halides is 1. The smallest absolute Gasteiger partial charge is 0.127 e. The van der Waals surface area contributed by atoms with Gasteiger partial charge in [0.1, 0.15) is 5.82 Å². The van der Waals surface area contributed by atoms with Crippen molar-refractivity contribution in [3.63, 3.8) is 0 Å². The van der Waals surface area contributed by atoms with Crippen LogP contribution in [0.2, 0.25) is 5.02 Å². The summed E-state index contributed by atoms with van der Waals surface area (Å²) in [6.07, 6.45) is 2.80. The molecule has 16 heavy (non-hydrogen) atoms. The van der Waals surface area contributed by atoms with E-state index in [9.17, 15) is 4.39 Å². The highest BCUT2D eigenvalue weighted by Gasteiger charge is 2.32. The van der Waals surface area contributed by atoms with Crippen molar-refractivity contribution in [2.45, 2.75) is 31.6 Å². The Morgan fingerprint density at radius 2 is 2.12 bits per heavy atom. The van der Waals surface area contributed by atoms with Crippen LogP contribution in [0.4, 0.5) is 4.39 Å². The topological polar surface area (TPSA) is 0 Å². The summed E-state index contributed by atoms with van der Waals surface area (Å²) in [5, 5.41) is 0.765. The molecule has 0 aromatic heterocycles. The molecule has 3 unspecified atom stereocenters. The van der Waals surface area contributed by atoms with Crippen molar-refractivity contribution in [3.8, 4) is 0 Å². The van der Waals surface area contributed by atoms with Gasteiger partial charge in [0, 0.05) is 16.0 Å². The van der Waals surface area contributed by atoms with Gasteiger partial charge in [0.25, 0.3) is 0 Å². The van der Waals surface area contributed by atoms with E-state index in [1.807, 2.05) is 0 Å². The maximum absolute atomic E-state index is 13.6. The van der Waals surface area contributed by atoms with Crippen LogP contribution in [0, 0.1) is 17.7 Å². The largest absolute Gasteiger partial charge is 0.207 e. The van der Waals surface area contributed by atoms with Crippen LogP contribution in [-0.4, -0.2) is 5.38 Å². The molecule has 0 nitrogen and oxygen atoms in total. The van der Waals surface area contributed by atoms with Crippen LogP contribution >= 0.6 is 23.2 Å². The summed E-state index contributed by atoms with van der Waals surface area (Å²) >= 11 is 12.2. The average molecular weight is 261 g/mol. The Balaban J connectivity index is 2.15. The van der Waals surface area contributed by atoms with E-state index >= 15 is 0 Å². The van der Waals surface area contributed by atoms with E-state index in [4.69, 9.17) is 23.2 Å². The van der Waals surface area contributed by atoms with Crippen LogP contribution in [0.15, 0.2) is 18.2 Å². The summed E-state index contributed by atoms with van der Waals surface area (Å²) < 4.78 is 13.6. The second kappa shape index (κ2) is 4.93. The van der Waals surface area contributed by atoms with Crippen molar-refractivity contribution in [1.82, 2.24) is 0 Å². The molecule has 1 aliphatic rings. The van der Waals surface area contributed by atoms with E-state index in [1.54, 1.807) is 12.1 Å². The molecule has 0 aliphatic heterocycles. The molecule has 1 saturated carbocycles. The molecule has 88 valence electrons. The monoisotopic (exact) mass is 260 g/mol. The molecule has 0 bridgehead atoms. The molecule has 1 fully saturated rings. The summed E-state index contributed by atoms with van der Waals surface area (Å²) in [4.78, 5) is 0. The van der Waals surface area contributed by atoms with Crippen molar-refractivity contribution >= 4 is 23.2 Å². The summed E-state index contributed by atoms with van der Waals surface area (Å²) in [6, 6.07) is 4.86. The number of benzene rings is 1. The maximum atomic E-state index is 13.6. The first-order valence-corrected chi connectivity index (χ1v) is 6.48. The quantitative estimate of drug-likeness (QED) is 0.678. The molecule has 0 N–H and O–H groups in total. The van der Waals surface area contributed by atoms with Crippen LogP contribution in [0.3, 0.4) is 0 Å². The Bertz CT molecular complexity index is 358. The molecule has 0 radical (unpaired) electrons. The van der Waals surface area contributed by atoms with Crippen LogP contribution in [0.5, 0.6) is 0 Å². The zero-order valence-electron chi connectivity index (χ0n) is 9.22. The highest BCUT2D eigenvalue weighted by molar-refractivity contribution is 6.31. The van der Waals surface area contributed by atoms with Gasteiger partial charge in [0.15, 0.2) is 0 Å². The molecule has 1 aromatic rings. The van der Waals surface area contributed by atoms with Gasteiger partial charge in [-0.05, 0) is 43.2 Å². The first-order valence-electron chi connectivity index (χ1n) is 5.66. The van der Waals surface area contributed by atoms with Crippen molar-refractivity contribution < 1.29 is 4.39 Å². The molecular formula is C13H15Cl2F. The SMILES string of the molecule is CC1C(Cl)CCC1Cc1c(F)cccc1Cl. The van der Waals surface area contributed by atoms with Crippen molar-refractivity contribution in [2.75, 3.05) is 0 Å². The number of hydrogen-bond acceptors (Lipinski definition) is 0. The summed E-state index contributed by atoms with van der Waals surface area (Å²) in [6.45, 7) is 2.14. The standard InChI is InChI=1S/C13H15Cl2F/c1-8-9(5-6-11(8)14)7-10-12(15)3-2-4-13(10)16/h2-4,8-9,11H,5-7H2,1H3. The van der Waals surface area contributed by atoms with Gasteiger partial charge in [-0.1, -0.05) is 24.6 Å². The Kier molecular flexibility index (Phi) is 3.76. The summed E-state index contributed by atoms with van der Waals surface area (Å²) in [5.74, 6) is 0.701. The maximum Gasteiger partial charge on any atom is 0.127 e.